The minimum absolute atomic E-state index is 0.535. The van der Waals surface area contributed by atoms with Gasteiger partial charge in [-0.25, -0.2) is 0 Å². The van der Waals surface area contributed by atoms with Gasteiger partial charge in [0.05, 0.1) is 12.8 Å². The molecule has 0 radical (unpaired) electrons. The van der Waals surface area contributed by atoms with Crippen molar-refractivity contribution in [3.8, 4) is 11.5 Å². The molecule has 2 aromatic carbocycles. The molecule has 1 saturated heterocycles. The summed E-state index contributed by atoms with van der Waals surface area (Å²) in [6.45, 7) is 6.61. The molecule has 0 unspecified atom stereocenters. The molecule has 5 heteroatoms. The number of hydrogen-bond donors (Lipinski definition) is 0. The second-order valence-corrected chi connectivity index (χ2v) is 7.63. The number of nitrogens with zero attached hydrogens (tertiary/aromatic N) is 3. The topological polar surface area (TPSA) is 37.8 Å². The first-order chi connectivity index (χ1) is 14.8. The van der Waals surface area contributed by atoms with Gasteiger partial charge in [0.1, 0.15) is 6.61 Å². The predicted octanol–water partition coefficient (Wildman–Crippen LogP) is 3.99. The van der Waals surface area contributed by atoms with Crippen molar-refractivity contribution in [1.82, 2.24) is 14.8 Å². The zero-order chi connectivity index (χ0) is 20.6. The van der Waals surface area contributed by atoms with Crippen LogP contribution in [0.3, 0.4) is 0 Å². The summed E-state index contributed by atoms with van der Waals surface area (Å²) in [6, 6.07) is 22.6. The van der Waals surface area contributed by atoms with Crippen molar-refractivity contribution in [3.63, 3.8) is 0 Å². The van der Waals surface area contributed by atoms with Crippen LogP contribution in [0.2, 0.25) is 0 Å². The fourth-order valence-electron chi connectivity index (χ4n) is 3.75. The lowest BCUT2D eigenvalue weighted by atomic mass is 10.1. The van der Waals surface area contributed by atoms with Gasteiger partial charge in [-0.1, -0.05) is 42.5 Å². The fourth-order valence-corrected chi connectivity index (χ4v) is 3.75. The van der Waals surface area contributed by atoms with Crippen LogP contribution >= 0.6 is 0 Å². The highest BCUT2D eigenvalue weighted by molar-refractivity contribution is 5.43. The van der Waals surface area contributed by atoms with Gasteiger partial charge in [0.15, 0.2) is 11.5 Å². The Morgan fingerprint density at radius 1 is 0.767 bits per heavy atom. The van der Waals surface area contributed by atoms with Crippen molar-refractivity contribution in [2.24, 2.45) is 0 Å². The molecule has 30 heavy (non-hydrogen) atoms. The average Bonchev–Trinajstić information content (AvgIpc) is 2.80. The summed E-state index contributed by atoms with van der Waals surface area (Å²) in [5.41, 5.74) is 3.53. The molecule has 0 atom stereocenters. The number of aromatic nitrogens is 1. The van der Waals surface area contributed by atoms with Crippen LogP contribution in [0, 0.1) is 0 Å². The van der Waals surface area contributed by atoms with Gasteiger partial charge in [-0.3, -0.25) is 14.8 Å². The van der Waals surface area contributed by atoms with Gasteiger partial charge >= 0.3 is 0 Å². The molecule has 0 aliphatic carbocycles. The SMILES string of the molecule is COc1ccc(CN2CCN(Cc3ccccn3)CC2)cc1OCc1ccccc1. The molecule has 3 aromatic rings. The van der Waals surface area contributed by atoms with E-state index in [0.29, 0.717) is 6.61 Å². The van der Waals surface area contributed by atoms with E-state index in [-0.39, 0.29) is 0 Å². The van der Waals surface area contributed by atoms with Crippen LogP contribution in [0.1, 0.15) is 16.8 Å². The number of hydrogen-bond acceptors (Lipinski definition) is 5. The normalized spacial score (nSPS) is 15.1. The van der Waals surface area contributed by atoms with Crippen molar-refractivity contribution in [2.45, 2.75) is 19.7 Å². The third-order valence-electron chi connectivity index (χ3n) is 5.45. The Hall–Kier alpha value is -2.89. The predicted molar refractivity (Wildman–Crippen MR) is 119 cm³/mol. The highest BCUT2D eigenvalue weighted by atomic mass is 16.5. The minimum atomic E-state index is 0.535. The summed E-state index contributed by atoms with van der Waals surface area (Å²) in [4.78, 5) is 9.42. The van der Waals surface area contributed by atoms with Gasteiger partial charge in [-0.15, -0.1) is 0 Å². The lowest BCUT2D eigenvalue weighted by Gasteiger charge is -2.34. The molecule has 0 N–H and O–H groups in total. The van der Waals surface area contributed by atoms with Crippen LogP contribution in [0.25, 0.3) is 0 Å². The van der Waals surface area contributed by atoms with Crippen molar-refractivity contribution < 1.29 is 9.47 Å². The summed E-state index contributed by atoms with van der Waals surface area (Å²) in [5, 5.41) is 0. The number of ether oxygens (including phenoxy) is 2. The Labute approximate surface area is 178 Å². The number of pyridine rings is 1. The molecule has 1 aromatic heterocycles. The van der Waals surface area contributed by atoms with Gasteiger partial charge in [-0.05, 0) is 35.4 Å². The molecule has 0 spiro atoms. The van der Waals surface area contributed by atoms with E-state index in [1.165, 1.54) is 5.56 Å². The summed E-state index contributed by atoms with van der Waals surface area (Å²) in [6.07, 6.45) is 1.87. The molecular formula is C25H29N3O2. The Bertz CT molecular complexity index is 910. The summed E-state index contributed by atoms with van der Waals surface area (Å²) in [7, 11) is 1.69. The molecule has 156 valence electrons. The van der Waals surface area contributed by atoms with Gasteiger partial charge in [0, 0.05) is 45.5 Å². The van der Waals surface area contributed by atoms with Crippen LogP contribution in [-0.4, -0.2) is 48.1 Å². The Morgan fingerprint density at radius 3 is 2.20 bits per heavy atom. The van der Waals surface area contributed by atoms with Crippen molar-refractivity contribution in [3.05, 3.63) is 89.7 Å². The van der Waals surface area contributed by atoms with Crippen molar-refractivity contribution in [1.29, 1.82) is 0 Å². The highest BCUT2D eigenvalue weighted by Crippen LogP contribution is 2.29. The van der Waals surface area contributed by atoms with Gasteiger partial charge in [0.2, 0.25) is 0 Å². The van der Waals surface area contributed by atoms with Crippen molar-refractivity contribution >= 4 is 0 Å². The van der Waals surface area contributed by atoms with E-state index in [4.69, 9.17) is 9.47 Å². The van der Waals surface area contributed by atoms with E-state index in [2.05, 4.69) is 51.2 Å². The molecule has 0 bridgehead atoms. The molecule has 1 fully saturated rings. The van der Waals surface area contributed by atoms with Crippen LogP contribution in [-0.2, 0) is 19.7 Å². The standard InChI is InChI=1S/C25H29N3O2/c1-29-24-11-10-22(17-25(24)30-20-21-7-3-2-4-8-21)18-27-13-15-28(16-14-27)19-23-9-5-6-12-26-23/h2-12,17H,13-16,18-20H2,1H3. The molecular weight excluding hydrogens is 374 g/mol. The van der Waals surface area contributed by atoms with Crippen LogP contribution < -0.4 is 9.47 Å². The van der Waals surface area contributed by atoms with E-state index in [0.717, 1.165) is 62.0 Å². The lowest BCUT2D eigenvalue weighted by molar-refractivity contribution is 0.121. The molecule has 1 aliphatic rings. The van der Waals surface area contributed by atoms with Gasteiger partial charge in [0.25, 0.3) is 0 Å². The highest BCUT2D eigenvalue weighted by Gasteiger charge is 2.18. The Morgan fingerprint density at radius 2 is 1.50 bits per heavy atom. The Balaban J connectivity index is 1.32. The maximum Gasteiger partial charge on any atom is 0.161 e. The molecule has 4 rings (SSSR count). The maximum absolute atomic E-state index is 6.07. The van der Waals surface area contributed by atoms with Gasteiger partial charge < -0.3 is 9.47 Å². The van der Waals surface area contributed by atoms with Crippen LogP contribution in [0.5, 0.6) is 11.5 Å². The Kier molecular flexibility index (Phi) is 6.95. The summed E-state index contributed by atoms with van der Waals surface area (Å²) >= 11 is 0. The van der Waals surface area contributed by atoms with Crippen molar-refractivity contribution in [2.75, 3.05) is 33.3 Å². The largest absolute Gasteiger partial charge is 0.493 e. The third-order valence-corrected chi connectivity index (χ3v) is 5.45. The molecule has 5 nitrogen and oxygen atoms in total. The summed E-state index contributed by atoms with van der Waals surface area (Å²) < 4.78 is 11.6. The van der Waals surface area contributed by atoms with E-state index < -0.39 is 0 Å². The first-order valence-corrected chi connectivity index (χ1v) is 10.5. The van der Waals surface area contributed by atoms with E-state index in [1.807, 2.05) is 36.5 Å². The first kappa shape index (κ1) is 20.4. The number of methoxy groups -OCH3 is 1. The van der Waals surface area contributed by atoms with E-state index in [9.17, 15) is 0 Å². The molecule has 2 heterocycles. The minimum Gasteiger partial charge on any atom is -0.493 e. The second-order valence-electron chi connectivity index (χ2n) is 7.63. The quantitative estimate of drug-likeness (QED) is 0.569. The smallest absolute Gasteiger partial charge is 0.161 e. The zero-order valence-corrected chi connectivity index (χ0v) is 17.5. The molecule has 1 aliphatic heterocycles. The monoisotopic (exact) mass is 403 g/mol. The summed E-state index contributed by atoms with van der Waals surface area (Å²) in [5.74, 6) is 1.57. The van der Waals surface area contributed by atoms with Gasteiger partial charge in [-0.2, -0.15) is 0 Å². The molecule has 0 amide bonds. The van der Waals surface area contributed by atoms with Crippen LogP contribution in [0.15, 0.2) is 72.9 Å². The number of rotatable bonds is 8. The van der Waals surface area contributed by atoms with E-state index in [1.54, 1.807) is 7.11 Å². The van der Waals surface area contributed by atoms with E-state index >= 15 is 0 Å². The average molecular weight is 404 g/mol. The number of piperazine rings is 1. The second kappa shape index (κ2) is 10.2. The lowest BCUT2D eigenvalue weighted by Crippen LogP contribution is -2.45. The first-order valence-electron chi connectivity index (χ1n) is 10.5. The number of benzene rings is 2. The maximum atomic E-state index is 6.07. The zero-order valence-electron chi connectivity index (χ0n) is 17.5. The third kappa shape index (κ3) is 5.59. The fraction of sp³-hybridized carbons (Fsp3) is 0.320. The van der Waals surface area contributed by atoms with Crippen LogP contribution in [0.4, 0.5) is 0 Å². The molecule has 0 saturated carbocycles.